The Morgan fingerprint density at radius 1 is 1.00 bits per heavy atom. The van der Waals surface area contributed by atoms with Crippen LogP contribution in [0, 0.1) is 17.5 Å². The average Bonchev–Trinajstić information content (AvgIpc) is 2.40. The largest absolute Gasteiger partial charge is 0.306 e. The number of hydrogen-bond acceptors (Lipinski definition) is 1. The van der Waals surface area contributed by atoms with Crippen molar-refractivity contribution in [2.45, 2.75) is 19.5 Å². The van der Waals surface area contributed by atoms with E-state index in [2.05, 4.69) is 5.32 Å². The van der Waals surface area contributed by atoms with Crippen molar-refractivity contribution in [2.75, 3.05) is 0 Å². The van der Waals surface area contributed by atoms with E-state index in [-0.39, 0.29) is 11.9 Å². The van der Waals surface area contributed by atoms with E-state index in [1.165, 1.54) is 18.2 Å². The molecule has 0 saturated carbocycles. The Morgan fingerprint density at radius 3 is 2.47 bits per heavy atom. The number of halogens is 3. The molecule has 0 aliphatic rings. The zero-order chi connectivity index (χ0) is 13.8. The van der Waals surface area contributed by atoms with Crippen LogP contribution in [0.2, 0.25) is 0 Å². The van der Waals surface area contributed by atoms with Crippen molar-refractivity contribution in [3.8, 4) is 0 Å². The molecule has 2 aromatic rings. The zero-order valence-corrected chi connectivity index (χ0v) is 10.5. The standard InChI is InChI=1S/C15H14F3N/c1-10(12-3-2-4-13(16)8-12)19-9-11-5-6-14(17)15(18)7-11/h2-8,10,19H,9H2,1H3. The van der Waals surface area contributed by atoms with E-state index in [0.717, 1.165) is 17.7 Å². The maximum absolute atomic E-state index is 13.1. The third-order valence-corrected chi connectivity index (χ3v) is 2.95. The van der Waals surface area contributed by atoms with Crippen LogP contribution in [0.3, 0.4) is 0 Å². The Balaban J connectivity index is 2.00. The SMILES string of the molecule is CC(NCc1ccc(F)c(F)c1)c1cccc(F)c1. The van der Waals surface area contributed by atoms with Crippen molar-refractivity contribution in [2.24, 2.45) is 0 Å². The van der Waals surface area contributed by atoms with Gasteiger partial charge in [-0.1, -0.05) is 18.2 Å². The van der Waals surface area contributed by atoms with Crippen LogP contribution < -0.4 is 5.32 Å². The topological polar surface area (TPSA) is 12.0 Å². The number of benzene rings is 2. The highest BCUT2D eigenvalue weighted by molar-refractivity contribution is 5.21. The van der Waals surface area contributed by atoms with Gasteiger partial charge in [0.15, 0.2) is 11.6 Å². The van der Waals surface area contributed by atoms with Gasteiger partial charge < -0.3 is 5.32 Å². The molecule has 0 saturated heterocycles. The summed E-state index contributed by atoms with van der Waals surface area (Å²) in [5.74, 6) is -2.02. The minimum absolute atomic E-state index is 0.0798. The monoisotopic (exact) mass is 265 g/mol. The molecule has 0 fully saturated rings. The van der Waals surface area contributed by atoms with Crippen molar-refractivity contribution < 1.29 is 13.2 Å². The molecule has 0 amide bonds. The van der Waals surface area contributed by atoms with Crippen LogP contribution in [-0.4, -0.2) is 0 Å². The summed E-state index contributed by atoms with van der Waals surface area (Å²) < 4.78 is 38.9. The molecule has 100 valence electrons. The summed E-state index contributed by atoms with van der Waals surface area (Å²) in [6.45, 7) is 2.27. The number of nitrogens with one attached hydrogen (secondary N) is 1. The first-order chi connectivity index (χ1) is 9.06. The molecule has 0 heterocycles. The van der Waals surface area contributed by atoms with Crippen molar-refractivity contribution in [1.29, 1.82) is 0 Å². The molecular weight excluding hydrogens is 251 g/mol. The molecule has 0 aliphatic heterocycles. The van der Waals surface area contributed by atoms with E-state index in [1.54, 1.807) is 6.07 Å². The zero-order valence-electron chi connectivity index (χ0n) is 10.5. The van der Waals surface area contributed by atoms with Crippen LogP contribution in [0.4, 0.5) is 13.2 Å². The first-order valence-corrected chi connectivity index (χ1v) is 5.99. The van der Waals surface area contributed by atoms with Gasteiger partial charge in [0, 0.05) is 12.6 Å². The molecule has 1 nitrogen and oxygen atoms in total. The lowest BCUT2D eigenvalue weighted by Crippen LogP contribution is -2.18. The first-order valence-electron chi connectivity index (χ1n) is 5.99. The lowest BCUT2D eigenvalue weighted by Gasteiger charge is -2.14. The Morgan fingerprint density at radius 2 is 1.79 bits per heavy atom. The van der Waals surface area contributed by atoms with Gasteiger partial charge >= 0.3 is 0 Å². The van der Waals surface area contributed by atoms with E-state index >= 15 is 0 Å². The highest BCUT2D eigenvalue weighted by atomic mass is 19.2. The van der Waals surface area contributed by atoms with Gasteiger partial charge in [0.05, 0.1) is 0 Å². The van der Waals surface area contributed by atoms with Crippen LogP contribution in [-0.2, 0) is 6.54 Å². The van der Waals surface area contributed by atoms with Crippen LogP contribution in [0.1, 0.15) is 24.1 Å². The molecule has 2 rings (SSSR count). The molecule has 0 spiro atoms. The fourth-order valence-electron chi connectivity index (χ4n) is 1.81. The minimum Gasteiger partial charge on any atom is -0.306 e. The minimum atomic E-state index is -0.863. The van der Waals surface area contributed by atoms with E-state index in [4.69, 9.17) is 0 Å². The molecular formula is C15H14F3N. The Labute approximate surface area is 110 Å². The second-order valence-corrected chi connectivity index (χ2v) is 4.41. The average molecular weight is 265 g/mol. The molecule has 19 heavy (non-hydrogen) atoms. The second kappa shape index (κ2) is 5.89. The van der Waals surface area contributed by atoms with Gasteiger partial charge in [-0.15, -0.1) is 0 Å². The molecule has 0 aliphatic carbocycles. The fourth-order valence-corrected chi connectivity index (χ4v) is 1.81. The van der Waals surface area contributed by atoms with Gasteiger partial charge in [0.25, 0.3) is 0 Å². The maximum atomic E-state index is 13.1. The Bertz CT molecular complexity index is 569. The van der Waals surface area contributed by atoms with Gasteiger partial charge in [-0.25, -0.2) is 13.2 Å². The molecule has 2 aromatic carbocycles. The molecule has 0 bridgehead atoms. The summed E-state index contributed by atoms with van der Waals surface area (Å²) in [6, 6.07) is 9.97. The fraction of sp³-hybridized carbons (Fsp3) is 0.200. The summed E-state index contributed by atoms with van der Waals surface area (Å²) in [5, 5.41) is 3.13. The summed E-state index contributed by atoms with van der Waals surface area (Å²) in [7, 11) is 0. The lowest BCUT2D eigenvalue weighted by molar-refractivity contribution is 0.503. The predicted molar refractivity (Wildman–Crippen MR) is 68.0 cm³/mol. The molecule has 1 N–H and O–H groups in total. The highest BCUT2D eigenvalue weighted by Gasteiger charge is 2.07. The van der Waals surface area contributed by atoms with E-state index in [9.17, 15) is 13.2 Å². The highest BCUT2D eigenvalue weighted by Crippen LogP contribution is 2.15. The van der Waals surface area contributed by atoms with Crippen molar-refractivity contribution in [1.82, 2.24) is 5.32 Å². The van der Waals surface area contributed by atoms with Gasteiger partial charge in [-0.2, -0.15) is 0 Å². The Hall–Kier alpha value is -1.81. The molecule has 4 heteroatoms. The van der Waals surface area contributed by atoms with Gasteiger partial charge in [0.1, 0.15) is 5.82 Å². The summed E-state index contributed by atoms with van der Waals surface area (Å²) in [4.78, 5) is 0. The van der Waals surface area contributed by atoms with E-state index in [0.29, 0.717) is 12.1 Å². The predicted octanol–water partition coefficient (Wildman–Crippen LogP) is 3.95. The third kappa shape index (κ3) is 3.58. The molecule has 1 atom stereocenters. The van der Waals surface area contributed by atoms with Crippen molar-refractivity contribution >= 4 is 0 Å². The first kappa shape index (κ1) is 13.6. The number of hydrogen-bond donors (Lipinski definition) is 1. The molecule has 1 unspecified atom stereocenters. The molecule has 0 radical (unpaired) electrons. The van der Waals surface area contributed by atoms with Crippen LogP contribution in [0.25, 0.3) is 0 Å². The van der Waals surface area contributed by atoms with Crippen LogP contribution >= 0.6 is 0 Å². The van der Waals surface area contributed by atoms with Crippen LogP contribution in [0.15, 0.2) is 42.5 Å². The van der Waals surface area contributed by atoms with Crippen molar-refractivity contribution in [3.05, 3.63) is 71.0 Å². The Kier molecular flexibility index (Phi) is 4.22. The number of rotatable bonds is 4. The second-order valence-electron chi connectivity index (χ2n) is 4.41. The summed E-state index contributed by atoms with van der Waals surface area (Å²) in [5.41, 5.74) is 1.45. The van der Waals surface area contributed by atoms with Crippen molar-refractivity contribution in [3.63, 3.8) is 0 Å². The lowest BCUT2D eigenvalue weighted by atomic mass is 10.1. The van der Waals surface area contributed by atoms with E-state index in [1.807, 2.05) is 13.0 Å². The van der Waals surface area contributed by atoms with Gasteiger partial charge in [0.2, 0.25) is 0 Å². The normalized spacial score (nSPS) is 12.4. The summed E-state index contributed by atoms with van der Waals surface area (Å²) in [6.07, 6.45) is 0. The van der Waals surface area contributed by atoms with Crippen LogP contribution in [0.5, 0.6) is 0 Å². The summed E-state index contributed by atoms with van der Waals surface area (Å²) >= 11 is 0. The molecule has 0 aromatic heterocycles. The van der Waals surface area contributed by atoms with E-state index < -0.39 is 11.6 Å². The quantitative estimate of drug-likeness (QED) is 0.882. The van der Waals surface area contributed by atoms with Gasteiger partial charge in [-0.3, -0.25) is 0 Å². The third-order valence-electron chi connectivity index (χ3n) is 2.95. The maximum Gasteiger partial charge on any atom is 0.159 e. The smallest absolute Gasteiger partial charge is 0.159 e. The van der Waals surface area contributed by atoms with Gasteiger partial charge in [-0.05, 0) is 42.3 Å².